The van der Waals surface area contributed by atoms with Crippen molar-refractivity contribution in [2.75, 3.05) is 25.0 Å². The van der Waals surface area contributed by atoms with Gasteiger partial charge in [-0.1, -0.05) is 6.07 Å². The zero-order chi connectivity index (χ0) is 17.2. The molecule has 2 aromatic rings. The number of ether oxygens (including phenoxy) is 1. The number of nitrogens with one attached hydrogen (secondary N) is 2. The number of benzene rings is 1. The van der Waals surface area contributed by atoms with Gasteiger partial charge in [0.1, 0.15) is 11.5 Å². The number of rotatable bonds is 4. The Balaban J connectivity index is 1.45. The molecule has 130 valence electrons. The van der Waals surface area contributed by atoms with Gasteiger partial charge in [-0.2, -0.15) is 0 Å². The van der Waals surface area contributed by atoms with Gasteiger partial charge in [0.15, 0.2) is 0 Å². The summed E-state index contributed by atoms with van der Waals surface area (Å²) in [5.74, 6) is -0.495. The van der Waals surface area contributed by atoms with E-state index in [1.807, 2.05) is 0 Å². The monoisotopic (exact) mass is 342 g/mol. The van der Waals surface area contributed by atoms with E-state index < -0.39 is 11.7 Å². The van der Waals surface area contributed by atoms with Gasteiger partial charge in [0.05, 0.1) is 30.3 Å². The van der Waals surface area contributed by atoms with Gasteiger partial charge in [-0.05, 0) is 30.5 Å². The molecular weight excluding hydrogens is 323 g/mol. The minimum atomic E-state index is -0.498. The van der Waals surface area contributed by atoms with E-state index >= 15 is 0 Å². The van der Waals surface area contributed by atoms with Crippen LogP contribution in [0.4, 0.5) is 10.1 Å². The van der Waals surface area contributed by atoms with Gasteiger partial charge in [0, 0.05) is 25.2 Å². The van der Waals surface area contributed by atoms with Crippen LogP contribution in [0.3, 0.4) is 0 Å². The lowest BCUT2D eigenvalue weighted by Gasteiger charge is -2.24. The minimum absolute atomic E-state index is 0.116. The molecule has 6 nitrogen and oxygen atoms in total. The molecule has 4 rings (SSSR count). The third kappa shape index (κ3) is 3.67. The smallest absolute Gasteiger partial charge is 0.275 e. The van der Waals surface area contributed by atoms with Crippen molar-refractivity contribution in [3.8, 4) is 0 Å². The van der Waals surface area contributed by atoms with Gasteiger partial charge >= 0.3 is 0 Å². The molecule has 1 aliphatic heterocycles. The average Bonchev–Trinajstić information content (AvgIpc) is 3.49. The second-order valence-corrected chi connectivity index (χ2v) is 6.36. The minimum Gasteiger partial charge on any atom is -0.371 e. The van der Waals surface area contributed by atoms with Crippen molar-refractivity contribution in [3.63, 3.8) is 0 Å². The Morgan fingerprint density at radius 3 is 2.80 bits per heavy atom. The Hall–Kier alpha value is -2.38. The number of morpholine rings is 1. The summed E-state index contributed by atoms with van der Waals surface area (Å²) in [6.45, 7) is 2.04. The van der Waals surface area contributed by atoms with E-state index in [0.717, 1.165) is 30.6 Å². The molecule has 1 aromatic carbocycles. The number of carbonyl (C=O) groups is 1. The zero-order valence-corrected chi connectivity index (χ0v) is 13.7. The molecule has 1 amide bonds. The number of carbonyl (C=O) groups excluding carboxylic acids is 1. The normalized spacial score (nSPS) is 20.3. The first-order chi connectivity index (χ1) is 12.2. The molecule has 1 unspecified atom stereocenters. The number of hydrogen-bond acceptors (Lipinski definition) is 5. The lowest BCUT2D eigenvalue weighted by molar-refractivity contribution is 0.0275. The molecule has 2 heterocycles. The van der Waals surface area contributed by atoms with Crippen LogP contribution in [-0.4, -0.2) is 35.6 Å². The van der Waals surface area contributed by atoms with Gasteiger partial charge in [0.25, 0.3) is 5.91 Å². The van der Waals surface area contributed by atoms with Crippen molar-refractivity contribution in [1.29, 1.82) is 0 Å². The predicted molar refractivity (Wildman–Crippen MR) is 89.9 cm³/mol. The maximum absolute atomic E-state index is 14.3. The highest BCUT2D eigenvalue weighted by Gasteiger charge is 2.25. The van der Waals surface area contributed by atoms with Gasteiger partial charge in [0.2, 0.25) is 0 Å². The van der Waals surface area contributed by atoms with Crippen LogP contribution in [0.1, 0.15) is 46.6 Å². The Labute approximate surface area is 144 Å². The number of aromatic nitrogens is 2. The first kappa shape index (κ1) is 16.1. The van der Waals surface area contributed by atoms with Crippen molar-refractivity contribution in [2.24, 2.45) is 0 Å². The van der Waals surface area contributed by atoms with Crippen LogP contribution < -0.4 is 10.6 Å². The Morgan fingerprint density at radius 2 is 2.16 bits per heavy atom. The van der Waals surface area contributed by atoms with Crippen LogP contribution >= 0.6 is 0 Å². The Bertz CT molecular complexity index is 771. The Morgan fingerprint density at radius 1 is 1.28 bits per heavy atom. The van der Waals surface area contributed by atoms with E-state index in [4.69, 9.17) is 4.74 Å². The fourth-order valence-corrected chi connectivity index (χ4v) is 2.84. The largest absolute Gasteiger partial charge is 0.371 e. The highest BCUT2D eigenvalue weighted by Crippen LogP contribution is 2.38. The molecule has 0 radical (unpaired) electrons. The summed E-state index contributed by atoms with van der Waals surface area (Å²) in [6, 6.07) is 4.71. The number of anilines is 1. The lowest BCUT2D eigenvalue weighted by Crippen LogP contribution is -2.33. The summed E-state index contributed by atoms with van der Waals surface area (Å²) in [6.07, 6.45) is 5.14. The average molecular weight is 342 g/mol. The first-order valence-corrected chi connectivity index (χ1v) is 8.46. The third-order valence-electron chi connectivity index (χ3n) is 4.44. The third-order valence-corrected chi connectivity index (χ3v) is 4.44. The number of amides is 1. The van der Waals surface area contributed by atoms with Crippen molar-refractivity contribution < 1.29 is 13.9 Å². The molecule has 2 N–H and O–H groups in total. The molecule has 0 spiro atoms. The topological polar surface area (TPSA) is 76.1 Å². The molecule has 1 aliphatic carbocycles. The quantitative estimate of drug-likeness (QED) is 0.892. The van der Waals surface area contributed by atoms with E-state index in [1.165, 1.54) is 12.3 Å². The molecule has 0 bridgehead atoms. The van der Waals surface area contributed by atoms with Crippen LogP contribution in [0.25, 0.3) is 0 Å². The molecule has 2 aliphatic rings. The van der Waals surface area contributed by atoms with Crippen molar-refractivity contribution in [3.05, 3.63) is 53.4 Å². The second kappa shape index (κ2) is 6.85. The molecule has 1 saturated heterocycles. The standard InChI is InChI=1S/C18H19FN4O2/c19-13-7-12(17-10-20-5-6-25-17)3-4-14(13)23-18(24)16-9-21-15(8-22-16)11-1-2-11/h3-4,7-9,11,17,20H,1-2,5-6,10H2,(H,23,24). The van der Waals surface area contributed by atoms with Gasteiger partial charge in [-0.15, -0.1) is 0 Å². The van der Waals surface area contributed by atoms with Crippen LogP contribution in [0.2, 0.25) is 0 Å². The summed E-state index contributed by atoms with van der Waals surface area (Å²) in [7, 11) is 0. The molecule has 1 saturated carbocycles. The van der Waals surface area contributed by atoms with Crippen LogP contribution in [0, 0.1) is 5.82 Å². The van der Waals surface area contributed by atoms with Gasteiger partial charge < -0.3 is 15.4 Å². The van der Waals surface area contributed by atoms with Crippen molar-refractivity contribution in [2.45, 2.75) is 24.9 Å². The highest BCUT2D eigenvalue weighted by molar-refractivity contribution is 6.02. The van der Waals surface area contributed by atoms with E-state index in [2.05, 4.69) is 20.6 Å². The maximum Gasteiger partial charge on any atom is 0.275 e. The highest BCUT2D eigenvalue weighted by atomic mass is 19.1. The second-order valence-electron chi connectivity index (χ2n) is 6.36. The SMILES string of the molecule is O=C(Nc1ccc(C2CNCCO2)cc1F)c1cnc(C2CC2)cn1. The maximum atomic E-state index is 14.3. The molecule has 2 fully saturated rings. The molecule has 25 heavy (non-hydrogen) atoms. The van der Waals surface area contributed by atoms with Gasteiger partial charge in [-0.3, -0.25) is 9.78 Å². The molecule has 1 aromatic heterocycles. The molecule has 7 heteroatoms. The summed E-state index contributed by atoms with van der Waals surface area (Å²) in [5, 5.41) is 5.75. The Kier molecular flexibility index (Phi) is 4.42. The predicted octanol–water partition coefficient (Wildman–Crippen LogP) is 2.41. The van der Waals surface area contributed by atoms with E-state index in [9.17, 15) is 9.18 Å². The van der Waals surface area contributed by atoms with Gasteiger partial charge in [-0.25, -0.2) is 9.37 Å². The van der Waals surface area contributed by atoms with E-state index in [-0.39, 0.29) is 17.5 Å². The van der Waals surface area contributed by atoms with E-state index in [0.29, 0.717) is 19.1 Å². The van der Waals surface area contributed by atoms with E-state index in [1.54, 1.807) is 18.3 Å². The summed E-state index contributed by atoms with van der Waals surface area (Å²) < 4.78 is 19.9. The lowest BCUT2D eigenvalue weighted by atomic mass is 10.1. The number of halogens is 1. The molecular formula is C18H19FN4O2. The first-order valence-electron chi connectivity index (χ1n) is 8.46. The summed E-state index contributed by atoms with van der Waals surface area (Å²) in [4.78, 5) is 20.6. The molecule has 1 atom stereocenters. The van der Waals surface area contributed by atoms with Crippen LogP contribution in [0.5, 0.6) is 0 Å². The van der Waals surface area contributed by atoms with Crippen molar-refractivity contribution in [1.82, 2.24) is 15.3 Å². The van der Waals surface area contributed by atoms with Crippen LogP contribution in [-0.2, 0) is 4.74 Å². The number of nitrogens with zero attached hydrogens (tertiary/aromatic N) is 2. The number of hydrogen-bond donors (Lipinski definition) is 2. The fraction of sp³-hybridized carbons (Fsp3) is 0.389. The zero-order valence-electron chi connectivity index (χ0n) is 13.7. The summed E-state index contributed by atoms with van der Waals surface area (Å²) in [5.41, 5.74) is 1.95. The van der Waals surface area contributed by atoms with Crippen LogP contribution in [0.15, 0.2) is 30.6 Å². The fourth-order valence-electron chi connectivity index (χ4n) is 2.84. The summed E-state index contributed by atoms with van der Waals surface area (Å²) >= 11 is 0. The van der Waals surface area contributed by atoms with Crippen molar-refractivity contribution >= 4 is 11.6 Å².